The van der Waals surface area contributed by atoms with Crippen LogP contribution in [0.15, 0.2) is 30.3 Å². The van der Waals surface area contributed by atoms with Crippen LogP contribution in [0.5, 0.6) is 0 Å². The first-order valence-corrected chi connectivity index (χ1v) is 4.68. The van der Waals surface area contributed by atoms with Crippen molar-refractivity contribution in [2.45, 2.75) is 19.7 Å². The number of ether oxygens (including phenoxy) is 1. The third-order valence-electron chi connectivity index (χ3n) is 2.04. The van der Waals surface area contributed by atoms with Crippen LogP contribution in [0.2, 0.25) is 0 Å². The molecule has 0 amide bonds. The largest absolute Gasteiger partial charge is 0.393 e. The van der Waals surface area contributed by atoms with E-state index in [1.54, 1.807) is 0 Å². The minimum absolute atomic E-state index is 0.223. The van der Waals surface area contributed by atoms with E-state index in [9.17, 15) is 13.2 Å². The molecule has 4 heteroatoms. The van der Waals surface area contributed by atoms with E-state index >= 15 is 0 Å². The van der Waals surface area contributed by atoms with Crippen LogP contribution in [0, 0.1) is 5.92 Å². The maximum absolute atomic E-state index is 12.1. The summed E-state index contributed by atoms with van der Waals surface area (Å²) in [7, 11) is 0. The molecule has 1 rings (SSSR count). The lowest BCUT2D eigenvalue weighted by Gasteiger charge is -2.15. The van der Waals surface area contributed by atoms with E-state index in [2.05, 4.69) is 0 Å². The molecule has 1 atom stereocenters. The summed E-state index contributed by atoms with van der Waals surface area (Å²) in [6, 6.07) is 9.14. The fourth-order valence-electron chi connectivity index (χ4n) is 1.02. The SMILES string of the molecule is C[C@@H](COCc1ccccc1)C(F)(F)F. The summed E-state index contributed by atoms with van der Waals surface area (Å²) >= 11 is 0. The molecular formula is C11H13F3O. The lowest BCUT2D eigenvalue weighted by molar-refractivity contribution is -0.183. The summed E-state index contributed by atoms with van der Waals surface area (Å²) in [6.07, 6.45) is -4.17. The Labute approximate surface area is 86.9 Å². The van der Waals surface area contributed by atoms with Gasteiger partial charge in [0, 0.05) is 0 Å². The van der Waals surface area contributed by atoms with Crippen molar-refractivity contribution >= 4 is 0 Å². The van der Waals surface area contributed by atoms with Gasteiger partial charge in [-0.25, -0.2) is 0 Å². The monoisotopic (exact) mass is 218 g/mol. The number of halogens is 3. The summed E-state index contributed by atoms with van der Waals surface area (Å²) in [5, 5.41) is 0. The normalized spacial score (nSPS) is 13.9. The first-order chi connectivity index (χ1) is 7.00. The highest BCUT2D eigenvalue weighted by Gasteiger charge is 2.35. The van der Waals surface area contributed by atoms with Crippen LogP contribution in [0.3, 0.4) is 0 Å². The highest BCUT2D eigenvalue weighted by atomic mass is 19.4. The molecule has 0 aliphatic rings. The van der Waals surface area contributed by atoms with Gasteiger partial charge in [-0.1, -0.05) is 37.3 Å². The predicted molar refractivity (Wildman–Crippen MR) is 51.3 cm³/mol. The Hall–Kier alpha value is -1.03. The molecule has 1 aromatic rings. The summed E-state index contributed by atoms with van der Waals surface area (Å²) in [5.41, 5.74) is 0.881. The maximum atomic E-state index is 12.1. The zero-order chi connectivity index (χ0) is 11.3. The molecular weight excluding hydrogens is 205 g/mol. The quantitative estimate of drug-likeness (QED) is 0.752. The second kappa shape index (κ2) is 5.16. The van der Waals surface area contributed by atoms with Crippen LogP contribution in [0.25, 0.3) is 0 Å². The summed E-state index contributed by atoms with van der Waals surface area (Å²) in [5.74, 6) is -1.42. The molecule has 0 saturated heterocycles. The molecule has 0 saturated carbocycles. The maximum Gasteiger partial charge on any atom is 0.393 e. The van der Waals surface area contributed by atoms with Crippen LogP contribution in [-0.4, -0.2) is 12.8 Å². The second-order valence-corrected chi connectivity index (χ2v) is 3.44. The van der Waals surface area contributed by atoms with E-state index < -0.39 is 12.1 Å². The molecule has 0 N–H and O–H groups in total. The summed E-state index contributed by atoms with van der Waals surface area (Å²) in [6.45, 7) is 1.05. The highest BCUT2D eigenvalue weighted by molar-refractivity contribution is 5.13. The number of hydrogen-bond acceptors (Lipinski definition) is 1. The molecule has 0 fully saturated rings. The van der Waals surface area contributed by atoms with Crippen molar-refractivity contribution in [2.24, 2.45) is 5.92 Å². The number of alkyl halides is 3. The van der Waals surface area contributed by atoms with E-state index in [-0.39, 0.29) is 13.2 Å². The Morgan fingerprint density at radius 2 is 1.80 bits per heavy atom. The van der Waals surface area contributed by atoms with Crippen LogP contribution < -0.4 is 0 Å². The average molecular weight is 218 g/mol. The summed E-state index contributed by atoms with van der Waals surface area (Å²) in [4.78, 5) is 0. The van der Waals surface area contributed by atoms with Crippen molar-refractivity contribution in [2.75, 3.05) is 6.61 Å². The van der Waals surface area contributed by atoms with Gasteiger partial charge in [0.05, 0.1) is 19.1 Å². The third-order valence-corrected chi connectivity index (χ3v) is 2.04. The Balaban J connectivity index is 2.28. The molecule has 0 spiro atoms. The average Bonchev–Trinajstić information content (AvgIpc) is 2.18. The highest BCUT2D eigenvalue weighted by Crippen LogP contribution is 2.25. The topological polar surface area (TPSA) is 9.23 Å². The van der Waals surface area contributed by atoms with Crippen LogP contribution in [0.1, 0.15) is 12.5 Å². The fraction of sp³-hybridized carbons (Fsp3) is 0.455. The first kappa shape index (κ1) is 12.0. The molecule has 0 bridgehead atoms. The van der Waals surface area contributed by atoms with Crippen LogP contribution in [0.4, 0.5) is 13.2 Å². The van der Waals surface area contributed by atoms with Crippen molar-refractivity contribution in [3.05, 3.63) is 35.9 Å². The van der Waals surface area contributed by atoms with E-state index in [1.165, 1.54) is 0 Å². The molecule has 84 valence electrons. The van der Waals surface area contributed by atoms with E-state index in [1.807, 2.05) is 30.3 Å². The predicted octanol–water partition coefficient (Wildman–Crippen LogP) is 3.40. The van der Waals surface area contributed by atoms with E-state index in [4.69, 9.17) is 4.74 Å². The van der Waals surface area contributed by atoms with Gasteiger partial charge in [-0.2, -0.15) is 13.2 Å². The summed E-state index contributed by atoms with van der Waals surface area (Å²) < 4.78 is 41.3. The molecule has 15 heavy (non-hydrogen) atoms. The number of benzene rings is 1. The smallest absolute Gasteiger partial charge is 0.376 e. The third kappa shape index (κ3) is 4.34. The van der Waals surface area contributed by atoms with Gasteiger partial charge < -0.3 is 4.74 Å². The standard InChI is InChI=1S/C11H13F3O/c1-9(11(12,13)14)7-15-8-10-5-3-2-4-6-10/h2-6,9H,7-8H2,1H3/t9-/m0/s1. The van der Waals surface area contributed by atoms with Crippen molar-refractivity contribution in [1.82, 2.24) is 0 Å². The van der Waals surface area contributed by atoms with Gasteiger partial charge >= 0.3 is 6.18 Å². The molecule has 0 unspecified atom stereocenters. The zero-order valence-corrected chi connectivity index (χ0v) is 8.42. The Morgan fingerprint density at radius 3 is 2.33 bits per heavy atom. The van der Waals surface area contributed by atoms with Gasteiger partial charge in [0.25, 0.3) is 0 Å². The molecule has 0 radical (unpaired) electrons. The van der Waals surface area contributed by atoms with Crippen molar-refractivity contribution in [1.29, 1.82) is 0 Å². The van der Waals surface area contributed by atoms with E-state index in [0.717, 1.165) is 12.5 Å². The van der Waals surface area contributed by atoms with Gasteiger partial charge in [-0.05, 0) is 5.56 Å². The number of rotatable bonds is 4. The van der Waals surface area contributed by atoms with Crippen molar-refractivity contribution in [3.63, 3.8) is 0 Å². The van der Waals surface area contributed by atoms with Gasteiger partial charge in [0.15, 0.2) is 0 Å². The van der Waals surface area contributed by atoms with Gasteiger partial charge in [0.2, 0.25) is 0 Å². The zero-order valence-electron chi connectivity index (χ0n) is 8.42. The van der Waals surface area contributed by atoms with Crippen LogP contribution in [-0.2, 0) is 11.3 Å². The van der Waals surface area contributed by atoms with Gasteiger partial charge in [0.1, 0.15) is 0 Å². The molecule has 0 aliphatic heterocycles. The minimum Gasteiger partial charge on any atom is -0.376 e. The molecule has 0 aliphatic carbocycles. The van der Waals surface area contributed by atoms with Crippen molar-refractivity contribution < 1.29 is 17.9 Å². The Bertz CT molecular complexity index is 282. The first-order valence-electron chi connectivity index (χ1n) is 4.68. The van der Waals surface area contributed by atoms with Gasteiger partial charge in [-0.3, -0.25) is 0 Å². The lowest BCUT2D eigenvalue weighted by atomic mass is 10.2. The molecule has 1 nitrogen and oxygen atoms in total. The lowest BCUT2D eigenvalue weighted by Crippen LogP contribution is -2.24. The fourth-order valence-corrected chi connectivity index (χ4v) is 1.02. The van der Waals surface area contributed by atoms with Crippen molar-refractivity contribution in [3.8, 4) is 0 Å². The Kier molecular flexibility index (Phi) is 4.15. The van der Waals surface area contributed by atoms with E-state index in [0.29, 0.717) is 0 Å². The van der Waals surface area contributed by atoms with Crippen LogP contribution >= 0.6 is 0 Å². The molecule has 0 aromatic heterocycles. The minimum atomic E-state index is -4.17. The number of hydrogen-bond donors (Lipinski definition) is 0. The van der Waals surface area contributed by atoms with Gasteiger partial charge in [-0.15, -0.1) is 0 Å². The second-order valence-electron chi connectivity index (χ2n) is 3.44. The molecule has 0 heterocycles. The molecule has 1 aromatic carbocycles. The Morgan fingerprint density at radius 1 is 1.20 bits per heavy atom.